The number of nitro groups is 1. The minimum atomic E-state index is -0.440. The van der Waals surface area contributed by atoms with Gasteiger partial charge in [0.1, 0.15) is 0 Å². The quantitative estimate of drug-likeness (QED) is 0.607. The molecule has 2 fully saturated rings. The van der Waals surface area contributed by atoms with E-state index in [4.69, 9.17) is 0 Å². The number of carbonyl (C=O) groups is 1. The van der Waals surface area contributed by atoms with Crippen LogP contribution in [-0.4, -0.2) is 75.7 Å². The van der Waals surface area contributed by atoms with E-state index in [1.165, 1.54) is 12.1 Å². The molecule has 0 saturated carbocycles. The lowest BCUT2D eigenvalue weighted by Gasteiger charge is -2.32. The van der Waals surface area contributed by atoms with E-state index in [-0.39, 0.29) is 24.0 Å². The van der Waals surface area contributed by atoms with Gasteiger partial charge in [0, 0.05) is 63.6 Å². The maximum atomic E-state index is 12.8. The maximum absolute atomic E-state index is 12.8. The number of benzene rings is 1. The van der Waals surface area contributed by atoms with Gasteiger partial charge in [-0.3, -0.25) is 19.8 Å². The summed E-state index contributed by atoms with van der Waals surface area (Å²) in [4.78, 5) is 27.4. The van der Waals surface area contributed by atoms with Crippen molar-refractivity contribution in [3.05, 3.63) is 52.3 Å². The van der Waals surface area contributed by atoms with Gasteiger partial charge in [0.2, 0.25) is 0 Å². The van der Waals surface area contributed by atoms with Crippen LogP contribution in [0.25, 0.3) is 5.69 Å². The Labute approximate surface area is 168 Å². The standard InChI is InChI=1S/C18H22N6O3.ClH/c25-18(22-9-5-16(13-22)21-11-7-19-8-12-21)17-6-10-23(20-17)14-1-3-15(4-2-14)24(26)27;/h1-4,6,10,16,19H,5,7-9,11-13H2;1H. The number of piperazine rings is 1. The molecular formula is C18H23ClN6O3. The fourth-order valence-corrected chi connectivity index (χ4v) is 3.74. The summed E-state index contributed by atoms with van der Waals surface area (Å²) in [5.41, 5.74) is 1.10. The van der Waals surface area contributed by atoms with Crippen molar-refractivity contribution in [1.82, 2.24) is 24.9 Å². The molecule has 2 aromatic rings. The molecule has 0 spiro atoms. The highest BCUT2D eigenvalue weighted by molar-refractivity contribution is 5.92. The Kier molecular flexibility index (Phi) is 6.28. The first-order valence-electron chi connectivity index (χ1n) is 9.16. The minimum absolute atomic E-state index is 0. The number of halogens is 1. The third-order valence-corrected chi connectivity index (χ3v) is 5.25. The minimum Gasteiger partial charge on any atom is -0.336 e. The van der Waals surface area contributed by atoms with E-state index in [9.17, 15) is 14.9 Å². The van der Waals surface area contributed by atoms with Crippen LogP contribution in [0.3, 0.4) is 0 Å². The van der Waals surface area contributed by atoms with Gasteiger partial charge in [-0.2, -0.15) is 5.10 Å². The third kappa shape index (κ3) is 4.16. The number of nitrogens with zero attached hydrogens (tertiary/aromatic N) is 5. The fraction of sp³-hybridized carbons (Fsp3) is 0.444. The topological polar surface area (TPSA) is 96.5 Å². The van der Waals surface area contributed by atoms with Crippen LogP contribution < -0.4 is 5.32 Å². The van der Waals surface area contributed by atoms with Crippen molar-refractivity contribution in [3.63, 3.8) is 0 Å². The van der Waals surface area contributed by atoms with Crippen molar-refractivity contribution in [2.45, 2.75) is 12.5 Å². The summed E-state index contributed by atoms with van der Waals surface area (Å²) < 4.78 is 1.57. The molecule has 2 aliphatic heterocycles. The number of hydrogen-bond donors (Lipinski definition) is 1. The number of nitrogens with one attached hydrogen (secondary N) is 1. The van der Waals surface area contributed by atoms with Crippen LogP contribution in [0.1, 0.15) is 16.9 Å². The van der Waals surface area contributed by atoms with E-state index in [0.717, 1.165) is 45.7 Å². The van der Waals surface area contributed by atoms with Gasteiger partial charge in [0.25, 0.3) is 11.6 Å². The Balaban J connectivity index is 0.00000225. The molecule has 2 aliphatic rings. The number of amides is 1. The highest BCUT2D eigenvalue weighted by Gasteiger charge is 2.32. The van der Waals surface area contributed by atoms with Crippen LogP contribution in [0.5, 0.6) is 0 Å². The Morgan fingerprint density at radius 3 is 2.54 bits per heavy atom. The predicted molar refractivity (Wildman–Crippen MR) is 106 cm³/mol. The van der Waals surface area contributed by atoms with E-state index < -0.39 is 4.92 Å². The smallest absolute Gasteiger partial charge is 0.274 e. The monoisotopic (exact) mass is 406 g/mol. The second-order valence-electron chi connectivity index (χ2n) is 6.90. The SMILES string of the molecule is Cl.O=C(c1ccn(-c2ccc([N+](=O)[O-])cc2)n1)N1CCC(N2CCNCC2)C1. The first kappa shape index (κ1) is 20.2. The van der Waals surface area contributed by atoms with Gasteiger partial charge in [-0.15, -0.1) is 12.4 Å². The number of aromatic nitrogens is 2. The van der Waals surface area contributed by atoms with Crippen LogP contribution in [0.4, 0.5) is 5.69 Å². The van der Waals surface area contributed by atoms with Gasteiger partial charge in [0.15, 0.2) is 5.69 Å². The number of non-ortho nitro benzene ring substituents is 1. The summed E-state index contributed by atoms with van der Waals surface area (Å²) in [6.07, 6.45) is 2.70. The lowest BCUT2D eigenvalue weighted by Crippen LogP contribution is -2.49. The summed E-state index contributed by atoms with van der Waals surface area (Å²) >= 11 is 0. The largest absolute Gasteiger partial charge is 0.336 e. The highest BCUT2D eigenvalue weighted by Crippen LogP contribution is 2.19. The zero-order chi connectivity index (χ0) is 18.8. The van der Waals surface area contributed by atoms with Crippen molar-refractivity contribution in [3.8, 4) is 5.69 Å². The number of likely N-dealkylation sites (tertiary alicyclic amines) is 1. The average Bonchev–Trinajstić information content (AvgIpc) is 3.38. The number of nitro benzene ring substituents is 1. The average molecular weight is 407 g/mol. The summed E-state index contributed by atoms with van der Waals surface area (Å²) in [5.74, 6) is -0.0618. The lowest BCUT2D eigenvalue weighted by atomic mass is 10.2. The van der Waals surface area contributed by atoms with Crippen molar-refractivity contribution in [1.29, 1.82) is 0 Å². The van der Waals surface area contributed by atoms with Crippen molar-refractivity contribution in [2.75, 3.05) is 39.3 Å². The lowest BCUT2D eigenvalue weighted by molar-refractivity contribution is -0.384. The molecule has 0 aliphatic carbocycles. The van der Waals surface area contributed by atoms with E-state index in [1.807, 2.05) is 4.90 Å². The van der Waals surface area contributed by atoms with Crippen molar-refractivity contribution >= 4 is 24.0 Å². The Morgan fingerprint density at radius 2 is 1.86 bits per heavy atom. The summed E-state index contributed by atoms with van der Waals surface area (Å²) in [5, 5.41) is 18.5. The molecular weight excluding hydrogens is 384 g/mol. The highest BCUT2D eigenvalue weighted by atomic mass is 35.5. The molecule has 1 amide bonds. The number of carbonyl (C=O) groups excluding carboxylic acids is 1. The zero-order valence-electron chi connectivity index (χ0n) is 15.4. The molecule has 0 radical (unpaired) electrons. The number of hydrogen-bond acceptors (Lipinski definition) is 6. The van der Waals surface area contributed by atoms with Crippen LogP contribution >= 0.6 is 12.4 Å². The van der Waals surface area contributed by atoms with Crippen LogP contribution in [0.2, 0.25) is 0 Å². The van der Waals surface area contributed by atoms with Gasteiger partial charge in [-0.05, 0) is 24.6 Å². The third-order valence-electron chi connectivity index (χ3n) is 5.25. The summed E-state index contributed by atoms with van der Waals surface area (Å²) in [6, 6.07) is 8.22. The fourth-order valence-electron chi connectivity index (χ4n) is 3.74. The van der Waals surface area contributed by atoms with Gasteiger partial charge >= 0.3 is 0 Å². The Morgan fingerprint density at radius 1 is 1.14 bits per heavy atom. The van der Waals surface area contributed by atoms with Gasteiger partial charge < -0.3 is 10.2 Å². The molecule has 1 aromatic carbocycles. The molecule has 2 saturated heterocycles. The van der Waals surface area contributed by atoms with Gasteiger partial charge in [-0.1, -0.05) is 0 Å². The molecule has 10 heteroatoms. The molecule has 1 aromatic heterocycles. The molecule has 4 rings (SSSR count). The zero-order valence-corrected chi connectivity index (χ0v) is 16.2. The number of rotatable bonds is 4. The van der Waals surface area contributed by atoms with E-state index >= 15 is 0 Å². The van der Waals surface area contributed by atoms with Crippen LogP contribution in [0.15, 0.2) is 36.5 Å². The predicted octanol–water partition coefficient (Wildman–Crippen LogP) is 1.32. The van der Waals surface area contributed by atoms with Crippen LogP contribution in [-0.2, 0) is 0 Å². The summed E-state index contributed by atoms with van der Waals surface area (Å²) in [6.45, 7) is 5.55. The maximum Gasteiger partial charge on any atom is 0.274 e. The summed E-state index contributed by atoms with van der Waals surface area (Å²) in [7, 11) is 0. The molecule has 150 valence electrons. The first-order chi connectivity index (χ1) is 13.1. The molecule has 9 nitrogen and oxygen atoms in total. The van der Waals surface area contributed by atoms with Crippen molar-refractivity contribution < 1.29 is 9.72 Å². The molecule has 1 N–H and O–H groups in total. The van der Waals surface area contributed by atoms with Gasteiger partial charge in [0.05, 0.1) is 10.6 Å². The Hall–Kier alpha value is -2.49. The van der Waals surface area contributed by atoms with E-state index in [2.05, 4.69) is 15.3 Å². The molecule has 1 atom stereocenters. The van der Waals surface area contributed by atoms with E-state index in [1.54, 1.807) is 29.1 Å². The molecule has 0 bridgehead atoms. The second-order valence-corrected chi connectivity index (χ2v) is 6.90. The first-order valence-corrected chi connectivity index (χ1v) is 9.16. The second kappa shape index (κ2) is 8.68. The molecule has 1 unspecified atom stereocenters. The molecule has 3 heterocycles. The van der Waals surface area contributed by atoms with E-state index in [0.29, 0.717) is 17.4 Å². The van der Waals surface area contributed by atoms with Crippen LogP contribution in [0, 0.1) is 10.1 Å². The normalized spacial score (nSPS) is 20.0. The van der Waals surface area contributed by atoms with Gasteiger partial charge in [-0.25, -0.2) is 4.68 Å². The van der Waals surface area contributed by atoms with Crippen molar-refractivity contribution in [2.24, 2.45) is 0 Å². The Bertz CT molecular complexity index is 834. The molecule has 28 heavy (non-hydrogen) atoms.